The predicted octanol–water partition coefficient (Wildman–Crippen LogP) is -0.615. The Bertz CT molecular complexity index is 312. The van der Waals surface area contributed by atoms with Crippen LogP contribution in [0.3, 0.4) is 0 Å². The molecule has 1 aromatic heterocycles. The molecule has 0 aliphatic rings. The van der Waals surface area contributed by atoms with E-state index in [2.05, 4.69) is 35.4 Å². The Morgan fingerprint density at radius 3 is 2.67 bits per heavy atom. The number of rotatable bonds is 1. The van der Waals surface area contributed by atoms with Crippen LogP contribution in [0.5, 0.6) is 0 Å². The summed E-state index contributed by atoms with van der Waals surface area (Å²) < 4.78 is 6.27. The minimum atomic E-state index is -0.457. The molecule has 0 fully saturated rings. The number of carbonyl (C=O) groups is 1. The summed E-state index contributed by atoms with van der Waals surface area (Å²) in [6.07, 6.45) is 3.21. The summed E-state index contributed by atoms with van der Waals surface area (Å²) in [5, 5.41) is 2.55. The summed E-state index contributed by atoms with van der Waals surface area (Å²) in [6.45, 7) is 0. The second-order valence-electron chi connectivity index (χ2n) is 2.43. The smallest absolute Gasteiger partial charge is 0.411 e. The molecule has 0 aromatic carbocycles. The summed E-state index contributed by atoms with van der Waals surface area (Å²) in [6, 6.07) is 3.63. The maximum absolute atomic E-state index is 10.7. The van der Waals surface area contributed by atoms with Crippen molar-refractivity contribution < 1.29 is 30.9 Å². The first-order valence-electron chi connectivity index (χ1n) is 3.81. The van der Waals surface area contributed by atoms with Crippen LogP contribution in [0.4, 0.5) is 10.5 Å². The summed E-state index contributed by atoms with van der Waals surface area (Å²) in [5.41, 5.74) is 0.715. The van der Waals surface area contributed by atoms with Gasteiger partial charge in [0.25, 0.3) is 0 Å². The quantitative estimate of drug-likeness (QED) is 0.455. The van der Waals surface area contributed by atoms with Gasteiger partial charge in [-0.2, -0.15) is 0 Å². The number of hydrogen-bond donors (Lipinski definition) is 1. The van der Waals surface area contributed by atoms with E-state index in [9.17, 15) is 4.79 Å². The maximum atomic E-state index is 10.7. The molecule has 1 rings (SSSR count). The fraction of sp³-hybridized carbons (Fsp3) is 0.250. The molecule has 1 heterocycles. The molecule has 0 aliphatic heterocycles. The number of methoxy groups -OCH3 is 1. The van der Waals surface area contributed by atoms with E-state index < -0.39 is 6.09 Å². The average molecular weight is 454 g/mol. The van der Waals surface area contributed by atoms with Crippen LogP contribution >= 0.6 is 25.4 Å². The Balaban J connectivity index is 0.000000583. The molecule has 15 heavy (non-hydrogen) atoms. The van der Waals surface area contributed by atoms with E-state index in [-0.39, 0.29) is 16.8 Å². The van der Waals surface area contributed by atoms with Gasteiger partial charge < -0.3 is 4.74 Å². The van der Waals surface area contributed by atoms with Crippen molar-refractivity contribution in [2.24, 2.45) is 7.05 Å². The Morgan fingerprint density at radius 1 is 1.60 bits per heavy atom. The molecule has 0 unspecified atom stereocenters. The molecule has 7 heteroatoms. The van der Waals surface area contributed by atoms with Gasteiger partial charge in [-0.05, 0) is 6.07 Å². The summed E-state index contributed by atoms with van der Waals surface area (Å²) >= 11 is 6.56. The van der Waals surface area contributed by atoms with Crippen molar-refractivity contribution in [3.05, 3.63) is 24.5 Å². The van der Waals surface area contributed by atoms with Gasteiger partial charge in [-0.1, -0.05) is 0 Å². The third kappa shape index (κ3) is 7.97. The molecular formula is C8H11Br2IN2O2. The van der Waals surface area contributed by atoms with Crippen molar-refractivity contribution in [3.8, 4) is 0 Å². The van der Waals surface area contributed by atoms with E-state index in [1.54, 1.807) is 12.3 Å². The van der Waals surface area contributed by atoms with E-state index in [1.165, 1.54) is 7.11 Å². The molecule has 0 radical (unpaired) electrons. The number of pyridine rings is 1. The molecule has 0 bridgehead atoms. The van der Waals surface area contributed by atoms with Gasteiger partial charge in [-0.3, -0.25) is 5.32 Å². The van der Waals surface area contributed by atoms with Crippen molar-refractivity contribution in [2.45, 2.75) is 0 Å². The van der Waals surface area contributed by atoms with Gasteiger partial charge in [-0.15, -0.1) is 0 Å². The molecule has 1 amide bonds. The van der Waals surface area contributed by atoms with E-state index in [0.717, 1.165) is 0 Å². The van der Waals surface area contributed by atoms with Crippen LogP contribution in [-0.2, 0) is 11.8 Å². The minimum Gasteiger partial charge on any atom is -0.453 e. The molecule has 0 saturated heterocycles. The second kappa shape index (κ2) is 9.34. The zero-order chi connectivity index (χ0) is 11.7. The number of aryl methyl sites for hydroxylation is 1. The average Bonchev–Trinajstić information content (AvgIpc) is 2.19. The van der Waals surface area contributed by atoms with Gasteiger partial charge in [0.15, 0.2) is 12.4 Å². The maximum Gasteiger partial charge on any atom is 0.411 e. The number of nitrogens with zero attached hydrogens (tertiary/aromatic N) is 1. The van der Waals surface area contributed by atoms with E-state index in [4.69, 9.17) is 0 Å². The summed E-state index contributed by atoms with van der Waals surface area (Å²) in [5.74, 6) is 0. The molecule has 1 aromatic rings. The second-order valence-corrected chi connectivity index (χ2v) is 12.2. The van der Waals surface area contributed by atoms with Crippen LogP contribution in [0, 0.1) is 0 Å². The monoisotopic (exact) mass is 452 g/mol. The molecule has 4 nitrogen and oxygen atoms in total. The topological polar surface area (TPSA) is 42.2 Å². The predicted molar refractivity (Wildman–Crippen MR) is 61.5 cm³/mol. The fourth-order valence-electron chi connectivity index (χ4n) is 0.831. The Kier molecular flexibility index (Phi) is 9.41. The van der Waals surface area contributed by atoms with Gasteiger partial charge >= 0.3 is 48.2 Å². The van der Waals surface area contributed by atoms with Crippen molar-refractivity contribution in [1.29, 1.82) is 0 Å². The van der Waals surface area contributed by atoms with Crippen LogP contribution in [0.25, 0.3) is 0 Å². The van der Waals surface area contributed by atoms with Crippen molar-refractivity contribution in [1.82, 2.24) is 0 Å². The van der Waals surface area contributed by atoms with E-state index in [0.29, 0.717) is 5.69 Å². The minimum absolute atomic E-state index is 0.215. The Morgan fingerprint density at radius 2 is 2.20 bits per heavy atom. The number of anilines is 1. The number of ether oxygens (including phenoxy) is 1. The first-order valence-corrected chi connectivity index (χ1v) is 13.5. The fourth-order valence-corrected chi connectivity index (χ4v) is 0.831. The number of nitrogens with one attached hydrogen (secondary N) is 1. The largest absolute Gasteiger partial charge is 0.453 e. The molecule has 0 aliphatic carbocycles. The zero-order valence-electron chi connectivity index (χ0n) is 8.21. The van der Waals surface area contributed by atoms with Gasteiger partial charge in [0.05, 0.1) is 7.11 Å². The number of amides is 1. The Hall–Kier alpha value is 0.110. The molecule has 0 spiro atoms. The SMILES string of the molecule is Br[I-]Br.COC(=O)Nc1ccc[n+](C)c1. The van der Waals surface area contributed by atoms with Crippen LogP contribution in [-0.4, -0.2) is 13.2 Å². The number of carbonyl (C=O) groups excluding carboxylic acids is 1. The van der Waals surface area contributed by atoms with Crippen LogP contribution in [0.1, 0.15) is 0 Å². The molecule has 0 atom stereocenters. The van der Waals surface area contributed by atoms with Gasteiger partial charge in [0, 0.05) is 6.07 Å². The third-order valence-corrected chi connectivity index (χ3v) is 1.37. The third-order valence-electron chi connectivity index (χ3n) is 1.37. The van der Waals surface area contributed by atoms with Gasteiger partial charge in [0.2, 0.25) is 0 Å². The van der Waals surface area contributed by atoms with E-state index >= 15 is 0 Å². The van der Waals surface area contributed by atoms with Gasteiger partial charge in [-0.25, -0.2) is 9.36 Å². The Labute approximate surface area is 111 Å². The summed E-state index contributed by atoms with van der Waals surface area (Å²) in [7, 11) is 3.21. The number of hydrogen-bond acceptors (Lipinski definition) is 2. The van der Waals surface area contributed by atoms with Crippen LogP contribution in [0.15, 0.2) is 24.5 Å². The number of halogens is 3. The molecule has 1 N–H and O–H groups in total. The van der Waals surface area contributed by atoms with Crippen LogP contribution in [0.2, 0.25) is 0 Å². The standard InChI is InChI=1S/C8H10N2O2.Br2I/c1-10-5-3-4-7(6-10)9-8(11)12-2;1-3-2/h3-6H,1-2H3;/q;-1/p+1. The van der Waals surface area contributed by atoms with Crippen LogP contribution < -0.4 is 26.6 Å². The molecular weight excluding hydrogens is 443 g/mol. The first-order chi connectivity index (χ1) is 7.13. The zero-order valence-corrected chi connectivity index (χ0v) is 13.5. The van der Waals surface area contributed by atoms with Crippen molar-refractivity contribution in [3.63, 3.8) is 0 Å². The number of aromatic nitrogens is 1. The normalized spacial score (nSPS) is 8.80. The van der Waals surface area contributed by atoms with Crippen molar-refractivity contribution in [2.75, 3.05) is 12.4 Å². The molecule has 0 saturated carbocycles. The molecule has 86 valence electrons. The first kappa shape index (κ1) is 15.1. The summed E-state index contributed by atoms with van der Waals surface area (Å²) in [4.78, 5) is 10.7. The van der Waals surface area contributed by atoms with Gasteiger partial charge in [0.1, 0.15) is 12.7 Å². The van der Waals surface area contributed by atoms with Crippen molar-refractivity contribution >= 4 is 37.2 Å². The van der Waals surface area contributed by atoms with E-state index in [1.807, 2.05) is 23.9 Å².